The first-order valence-corrected chi connectivity index (χ1v) is 5.69. The van der Waals surface area contributed by atoms with Crippen molar-refractivity contribution in [1.29, 1.82) is 0 Å². The molecule has 0 saturated carbocycles. The van der Waals surface area contributed by atoms with Gasteiger partial charge in [-0.1, -0.05) is 6.92 Å². The van der Waals surface area contributed by atoms with Crippen molar-refractivity contribution in [2.75, 3.05) is 40.4 Å². The lowest BCUT2D eigenvalue weighted by Gasteiger charge is -2.42. The van der Waals surface area contributed by atoms with Crippen LogP contribution in [0.5, 0.6) is 0 Å². The Morgan fingerprint density at radius 3 is 2.59 bits per heavy atom. The highest BCUT2D eigenvalue weighted by atomic mass is 16.5. The molecule has 1 heterocycles. The first kappa shape index (κ1) is 13.8. The zero-order valence-corrected chi connectivity index (χ0v) is 10.5. The molecule has 1 unspecified atom stereocenters. The van der Waals surface area contributed by atoms with E-state index in [0.29, 0.717) is 26.2 Å². The van der Waals surface area contributed by atoms with Gasteiger partial charge in [-0.05, 0) is 0 Å². The zero-order chi connectivity index (χ0) is 13.0. The van der Waals surface area contributed by atoms with Gasteiger partial charge in [0.2, 0.25) is 0 Å². The van der Waals surface area contributed by atoms with Crippen molar-refractivity contribution < 1.29 is 19.4 Å². The molecule has 0 aromatic rings. The number of carbonyl (C=O) groups is 2. The van der Waals surface area contributed by atoms with Gasteiger partial charge in [-0.25, -0.2) is 4.79 Å². The van der Waals surface area contributed by atoms with Gasteiger partial charge in [-0.2, -0.15) is 0 Å². The Morgan fingerprint density at radius 2 is 2.12 bits per heavy atom. The maximum atomic E-state index is 11.8. The summed E-state index contributed by atoms with van der Waals surface area (Å²) >= 11 is 0. The van der Waals surface area contributed by atoms with Crippen LogP contribution in [-0.4, -0.2) is 67.3 Å². The molecule has 98 valence electrons. The van der Waals surface area contributed by atoms with Crippen LogP contribution in [0.1, 0.15) is 6.92 Å². The molecule has 1 atom stereocenters. The molecule has 0 aliphatic carbocycles. The van der Waals surface area contributed by atoms with E-state index in [-0.39, 0.29) is 17.9 Å². The minimum Gasteiger partial charge on any atom is -0.481 e. The van der Waals surface area contributed by atoms with E-state index < -0.39 is 5.97 Å². The topological polar surface area (TPSA) is 70.1 Å². The summed E-state index contributed by atoms with van der Waals surface area (Å²) in [5.74, 6) is -1.11. The number of hydrogen-bond acceptors (Lipinski definition) is 3. The second kappa shape index (κ2) is 5.86. The van der Waals surface area contributed by atoms with E-state index >= 15 is 0 Å². The number of urea groups is 1. The monoisotopic (exact) mass is 244 g/mol. The third kappa shape index (κ3) is 3.33. The minimum absolute atomic E-state index is 0.0594. The summed E-state index contributed by atoms with van der Waals surface area (Å²) in [6, 6.07) is -0.0594. The highest BCUT2D eigenvalue weighted by molar-refractivity contribution is 5.76. The van der Waals surface area contributed by atoms with Crippen molar-refractivity contribution in [3.63, 3.8) is 0 Å². The third-order valence-electron chi connectivity index (χ3n) is 3.23. The molecule has 6 heteroatoms. The van der Waals surface area contributed by atoms with Gasteiger partial charge in [0, 0.05) is 39.7 Å². The SMILES string of the molecule is COCCN(C)C(=O)N1CC(C(C)C(=O)O)C1. The molecule has 1 fully saturated rings. The molecule has 6 nitrogen and oxygen atoms in total. The van der Waals surface area contributed by atoms with Crippen molar-refractivity contribution >= 4 is 12.0 Å². The molecule has 1 aliphatic heterocycles. The van der Waals surface area contributed by atoms with E-state index in [2.05, 4.69) is 0 Å². The smallest absolute Gasteiger partial charge is 0.319 e. The number of likely N-dealkylation sites (tertiary alicyclic amines) is 1. The molecular weight excluding hydrogens is 224 g/mol. The van der Waals surface area contributed by atoms with Crippen LogP contribution in [0.3, 0.4) is 0 Å². The zero-order valence-electron chi connectivity index (χ0n) is 10.5. The molecule has 0 aromatic heterocycles. The van der Waals surface area contributed by atoms with Crippen molar-refractivity contribution in [3.8, 4) is 0 Å². The van der Waals surface area contributed by atoms with Crippen LogP contribution < -0.4 is 0 Å². The van der Waals surface area contributed by atoms with Gasteiger partial charge in [0.05, 0.1) is 12.5 Å². The Morgan fingerprint density at radius 1 is 1.53 bits per heavy atom. The molecule has 0 bridgehead atoms. The van der Waals surface area contributed by atoms with E-state index in [1.165, 1.54) is 0 Å². The molecule has 0 radical (unpaired) electrons. The Labute approximate surface area is 101 Å². The summed E-state index contributed by atoms with van der Waals surface area (Å²) in [6.07, 6.45) is 0. The van der Waals surface area contributed by atoms with Gasteiger partial charge < -0.3 is 19.6 Å². The number of carbonyl (C=O) groups excluding carboxylic acids is 1. The Hall–Kier alpha value is -1.30. The van der Waals surface area contributed by atoms with Gasteiger partial charge in [0.25, 0.3) is 0 Å². The number of ether oxygens (including phenoxy) is 1. The van der Waals surface area contributed by atoms with Gasteiger partial charge in [-0.3, -0.25) is 4.79 Å². The molecular formula is C11H20N2O4. The van der Waals surface area contributed by atoms with Crippen molar-refractivity contribution in [1.82, 2.24) is 9.80 Å². The maximum Gasteiger partial charge on any atom is 0.319 e. The van der Waals surface area contributed by atoms with Gasteiger partial charge >= 0.3 is 12.0 Å². The number of nitrogens with zero attached hydrogens (tertiary/aromatic N) is 2. The Bertz CT molecular complexity index is 289. The van der Waals surface area contributed by atoms with Gasteiger partial charge in [-0.15, -0.1) is 0 Å². The number of amides is 2. The van der Waals surface area contributed by atoms with E-state index in [0.717, 1.165) is 0 Å². The number of carboxylic acid groups (broad SMARTS) is 1. The summed E-state index contributed by atoms with van der Waals surface area (Å²) < 4.78 is 4.89. The summed E-state index contributed by atoms with van der Waals surface area (Å²) in [6.45, 7) is 3.80. The number of hydrogen-bond donors (Lipinski definition) is 1. The number of carboxylic acids is 1. The van der Waals surface area contributed by atoms with Gasteiger partial charge in [0.1, 0.15) is 0 Å². The second-order valence-electron chi connectivity index (χ2n) is 4.49. The molecule has 1 saturated heterocycles. The second-order valence-corrected chi connectivity index (χ2v) is 4.49. The fourth-order valence-corrected chi connectivity index (χ4v) is 1.75. The first-order valence-electron chi connectivity index (χ1n) is 5.69. The van der Waals surface area contributed by atoms with E-state index in [1.807, 2.05) is 0 Å². The molecule has 1 aliphatic rings. The van der Waals surface area contributed by atoms with Crippen LogP contribution in [0.4, 0.5) is 4.79 Å². The van der Waals surface area contributed by atoms with E-state index in [1.54, 1.807) is 30.9 Å². The number of rotatable bonds is 5. The molecule has 17 heavy (non-hydrogen) atoms. The van der Waals surface area contributed by atoms with Crippen molar-refractivity contribution in [3.05, 3.63) is 0 Å². The lowest BCUT2D eigenvalue weighted by molar-refractivity contribution is -0.144. The summed E-state index contributed by atoms with van der Waals surface area (Å²) in [7, 11) is 3.31. The summed E-state index contributed by atoms with van der Waals surface area (Å²) in [4.78, 5) is 25.8. The average Bonchev–Trinajstić information content (AvgIpc) is 2.23. The number of methoxy groups -OCH3 is 1. The lowest BCUT2D eigenvalue weighted by Crippen LogP contribution is -2.57. The van der Waals surface area contributed by atoms with Crippen LogP contribution in [-0.2, 0) is 9.53 Å². The fraction of sp³-hybridized carbons (Fsp3) is 0.818. The third-order valence-corrected chi connectivity index (χ3v) is 3.23. The van der Waals surface area contributed by atoms with Crippen LogP contribution in [0.2, 0.25) is 0 Å². The van der Waals surface area contributed by atoms with E-state index in [4.69, 9.17) is 9.84 Å². The van der Waals surface area contributed by atoms with Crippen molar-refractivity contribution in [2.45, 2.75) is 6.92 Å². The van der Waals surface area contributed by atoms with Crippen LogP contribution in [0.25, 0.3) is 0 Å². The minimum atomic E-state index is -0.796. The van der Waals surface area contributed by atoms with Crippen molar-refractivity contribution in [2.24, 2.45) is 11.8 Å². The van der Waals surface area contributed by atoms with Crippen LogP contribution in [0.15, 0.2) is 0 Å². The highest BCUT2D eigenvalue weighted by Gasteiger charge is 2.37. The standard InChI is InChI=1S/C11H20N2O4/c1-8(10(14)15)9-6-13(7-9)11(16)12(2)4-5-17-3/h8-9H,4-7H2,1-3H3,(H,14,15). The van der Waals surface area contributed by atoms with Gasteiger partial charge in [0.15, 0.2) is 0 Å². The molecule has 0 aromatic carbocycles. The normalized spacial score (nSPS) is 17.5. The predicted molar refractivity (Wildman–Crippen MR) is 61.8 cm³/mol. The van der Waals surface area contributed by atoms with Crippen LogP contribution in [0, 0.1) is 11.8 Å². The first-order chi connectivity index (χ1) is 7.97. The average molecular weight is 244 g/mol. The van der Waals surface area contributed by atoms with E-state index in [9.17, 15) is 9.59 Å². The fourth-order valence-electron chi connectivity index (χ4n) is 1.75. The molecule has 1 rings (SSSR count). The maximum absolute atomic E-state index is 11.8. The quantitative estimate of drug-likeness (QED) is 0.757. The summed E-state index contributed by atoms with van der Waals surface area (Å²) in [5, 5.41) is 8.84. The highest BCUT2D eigenvalue weighted by Crippen LogP contribution is 2.24. The Balaban J connectivity index is 2.32. The summed E-state index contributed by atoms with van der Waals surface area (Å²) in [5.41, 5.74) is 0. The number of aliphatic carboxylic acids is 1. The largest absolute Gasteiger partial charge is 0.481 e. The number of likely N-dealkylation sites (N-methyl/N-ethyl adjacent to an activating group) is 1. The van der Waals surface area contributed by atoms with Crippen LogP contribution >= 0.6 is 0 Å². The Kier molecular flexibility index (Phi) is 4.74. The lowest BCUT2D eigenvalue weighted by atomic mass is 9.87. The molecule has 0 spiro atoms. The molecule has 1 N–H and O–H groups in total. The molecule has 2 amide bonds. The predicted octanol–water partition coefficient (Wildman–Crippen LogP) is 0.337.